The van der Waals surface area contributed by atoms with E-state index in [0.29, 0.717) is 6.42 Å². The first-order chi connectivity index (χ1) is 7.49. The topological polar surface area (TPSA) is 67.2 Å². The van der Waals surface area contributed by atoms with Crippen LogP contribution in [0.25, 0.3) is 0 Å². The summed E-state index contributed by atoms with van der Waals surface area (Å²) in [5.74, 6) is -0.165. The van der Waals surface area contributed by atoms with Crippen molar-refractivity contribution < 1.29 is 4.79 Å². The fraction of sp³-hybridized carbons (Fsp3) is 0.273. The van der Waals surface area contributed by atoms with Crippen molar-refractivity contribution in [1.29, 1.82) is 0 Å². The van der Waals surface area contributed by atoms with Gasteiger partial charge in [-0.25, -0.2) is 0 Å². The van der Waals surface area contributed by atoms with Gasteiger partial charge in [0.1, 0.15) is 0 Å². The lowest BCUT2D eigenvalue weighted by Crippen LogP contribution is -2.45. The fourth-order valence-electron chi connectivity index (χ4n) is 1.34. The SMILES string of the molecule is Cc1ccc(C)c(CC(=O)NNC(N)=S)c1. The zero-order valence-corrected chi connectivity index (χ0v) is 10.1. The first kappa shape index (κ1) is 12.4. The van der Waals surface area contributed by atoms with Crippen LogP contribution < -0.4 is 16.6 Å². The van der Waals surface area contributed by atoms with Crippen molar-refractivity contribution in [1.82, 2.24) is 10.9 Å². The van der Waals surface area contributed by atoms with Crippen LogP contribution in [0.4, 0.5) is 0 Å². The molecule has 0 saturated heterocycles. The monoisotopic (exact) mass is 237 g/mol. The number of hydrogen-bond donors (Lipinski definition) is 3. The van der Waals surface area contributed by atoms with Gasteiger partial charge in [-0.2, -0.15) is 0 Å². The third kappa shape index (κ3) is 3.86. The van der Waals surface area contributed by atoms with Crippen molar-refractivity contribution in [2.75, 3.05) is 0 Å². The normalized spacial score (nSPS) is 9.62. The molecule has 0 fully saturated rings. The molecule has 0 saturated carbocycles. The first-order valence-corrected chi connectivity index (χ1v) is 5.30. The summed E-state index contributed by atoms with van der Waals surface area (Å²) >= 11 is 4.58. The number of carbonyl (C=O) groups excluding carboxylic acids is 1. The molecule has 0 bridgehead atoms. The van der Waals surface area contributed by atoms with Crippen LogP contribution in [0.1, 0.15) is 16.7 Å². The minimum Gasteiger partial charge on any atom is -0.375 e. The zero-order chi connectivity index (χ0) is 12.1. The molecule has 16 heavy (non-hydrogen) atoms. The first-order valence-electron chi connectivity index (χ1n) is 4.89. The highest BCUT2D eigenvalue weighted by molar-refractivity contribution is 7.80. The molecule has 1 rings (SSSR count). The number of nitrogens with two attached hydrogens (primary N) is 1. The second-order valence-corrected chi connectivity index (χ2v) is 4.08. The predicted molar refractivity (Wildman–Crippen MR) is 67.7 cm³/mol. The molecule has 0 aromatic heterocycles. The Labute approximate surface area is 100 Å². The number of hydrogen-bond acceptors (Lipinski definition) is 2. The summed E-state index contributed by atoms with van der Waals surface area (Å²) in [6.45, 7) is 3.97. The molecule has 0 aliphatic rings. The Morgan fingerprint density at radius 3 is 2.69 bits per heavy atom. The maximum Gasteiger partial charge on any atom is 0.242 e. The summed E-state index contributed by atoms with van der Waals surface area (Å²) in [7, 11) is 0. The average Bonchev–Trinajstić information content (AvgIpc) is 2.20. The zero-order valence-electron chi connectivity index (χ0n) is 9.33. The third-order valence-electron chi connectivity index (χ3n) is 2.18. The molecule has 0 unspecified atom stereocenters. The quantitative estimate of drug-likeness (QED) is 0.523. The third-order valence-corrected chi connectivity index (χ3v) is 2.28. The van der Waals surface area contributed by atoms with Gasteiger partial charge in [-0.3, -0.25) is 15.6 Å². The summed E-state index contributed by atoms with van der Waals surface area (Å²) in [5.41, 5.74) is 13.3. The van der Waals surface area contributed by atoms with Gasteiger partial charge in [-0.1, -0.05) is 23.8 Å². The Morgan fingerprint density at radius 1 is 1.38 bits per heavy atom. The van der Waals surface area contributed by atoms with E-state index in [4.69, 9.17) is 5.73 Å². The number of amides is 1. The highest BCUT2D eigenvalue weighted by atomic mass is 32.1. The molecule has 5 heteroatoms. The van der Waals surface area contributed by atoms with Gasteiger partial charge >= 0.3 is 0 Å². The maximum absolute atomic E-state index is 11.5. The van der Waals surface area contributed by atoms with E-state index in [1.807, 2.05) is 32.0 Å². The van der Waals surface area contributed by atoms with Crippen molar-refractivity contribution in [3.05, 3.63) is 34.9 Å². The van der Waals surface area contributed by atoms with Gasteiger partial charge < -0.3 is 5.73 Å². The Morgan fingerprint density at radius 2 is 2.06 bits per heavy atom. The molecule has 1 aromatic carbocycles. The van der Waals surface area contributed by atoms with Crippen molar-refractivity contribution in [3.8, 4) is 0 Å². The smallest absolute Gasteiger partial charge is 0.242 e. The molecule has 86 valence electrons. The molecule has 0 heterocycles. The molecule has 0 aliphatic carbocycles. The van der Waals surface area contributed by atoms with Crippen LogP contribution in [0.3, 0.4) is 0 Å². The Hall–Kier alpha value is -1.62. The van der Waals surface area contributed by atoms with E-state index < -0.39 is 0 Å². The Bertz CT molecular complexity index is 418. The van der Waals surface area contributed by atoms with E-state index in [0.717, 1.165) is 16.7 Å². The molecule has 4 nitrogen and oxygen atoms in total. The van der Waals surface area contributed by atoms with Gasteiger partial charge in [-0.15, -0.1) is 0 Å². The molecule has 0 atom stereocenters. The van der Waals surface area contributed by atoms with Crippen LogP contribution in [0.2, 0.25) is 0 Å². The number of carbonyl (C=O) groups is 1. The van der Waals surface area contributed by atoms with Crippen LogP contribution in [0, 0.1) is 13.8 Å². The van der Waals surface area contributed by atoms with Crippen molar-refractivity contribution >= 4 is 23.2 Å². The molecule has 1 aromatic rings. The lowest BCUT2D eigenvalue weighted by atomic mass is 10.0. The van der Waals surface area contributed by atoms with E-state index >= 15 is 0 Å². The summed E-state index contributed by atoms with van der Waals surface area (Å²) in [5, 5.41) is 0.0503. The van der Waals surface area contributed by atoms with Crippen LogP contribution in [-0.2, 0) is 11.2 Å². The lowest BCUT2D eigenvalue weighted by Gasteiger charge is -2.08. The van der Waals surface area contributed by atoms with Gasteiger partial charge in [0.25, 0.3) is 0 Å². The van der Waals surface area contributed by atoms with Crippen molar-refractivity contribution in [3.63, 3.8) is 0 Å². The molecule has 0 radical (unpaired) electrons. The molecular formula is C11H15N3OS. The minimum atomic E-state index is -0.165. The number of nitrogens with one attached hydrogen (secondary N) is 2. The number of hydrazine groups is 1. The fourth-order valence-corrected chi connectivity index (χ4v) is 1.39. The number of benzene rings is 1. The van der Waals surface area contributed by atoms with Crippen LogP contribution >= 0.6 is 12.2 Å². The highest BCUT2D eigenvalue weighted by Crippen LogP contribution is 2.10. The minimum absolute atomic E-state index is 0.0503. The molecular weight excluding hydrogens is 222 g/mol. The number of aryl methyl sites for hydroxylation is 2. The Kier molecular flexibility index (Phi) is 4.25. The number of thiocarbonyl (C=S) groups is 1. The summed E-state index contributed by atoms with van der Waals surface area (Å²) < 4.78 is 0. The summed E-state index contributed by atoms with van der Waals surface area (Å²) in [6.07, 6.45) is 0.309. The van der Waals surface area contributed by atoms with Crippen LogP contribution in [0.5, 0.6) is 0 Å². The molecule has 0 aliphatic heterocycles. The average molecular weight is 237 g/mol. The van der Waals surface area contributed by atoms with E-state index in [2.05, 4.69) is 23.1 Å². The summed E-state index contributed by atoms with van der Waals surface area (Å²) in [6, 6.07) is 6.01. The number of rotatable bonds is 2. The lowest BCUT2D eigenvalue weighted by molar-refractivity contribution is -0.121. The van der Waals surface area contributed by atoms with Crippen LogP contribution in [-0.4, -0.2) is 11.0 Å². The largest absolute Gasteiger partial charge is 0.375 e. The standard InChI is InChI=1S/C11H15N3OS/c1-7-3-4-8(2)9(5-7)6-10(15)13-14-11(12)16/h3-5H,6H2,1-2H3,(H,13,15)(H3,12,14,16). The van der Waals surface area contributed by atoms with Crippen molar-refractivity contribution in [2.45, 2.75) is 20.3 Å². The molecule has 0 spiro atoms. The van der Waals surface area contributed by atoms with Gasteiger partial charge in [-0.05, 0) is 37.2 Å². The van der Waals surface area contributed by atoms with Gasteiger partial charge in [0.05, 0.1) is 6.42 Å². The van der Waals surface area contributed by atoms with Gasteiger partial charge in [0.2, 0.25) is 5.91 Å². The second-order valence-electron chi connectivity index (χ2n) is 3.64. The van der Waals surface area contributed by atoms with E-state index in [1.54, 1.807) is 0 Å². The molecule has 4 N–H and O–H groups in total. The van der Waals surface area contributed by atoms with E-state index in [-0.39, 0.29) is 11.0 Å². The maximum atomic E-state index is 11.5. The highest BCUT2D eigenvalue weighted by Gasteiger charge is 2.05. The van der Waals surface area contributed by atoms with Crippen LogP contribution in [0.15, 0.2) is 18.2 Å². The van der Waals surface area contributed by atoms with Gasteiger partial charge in [0, 0.05) is 0 Å². The van der Waals surface area contributed by atoms with E-state index in [1.165, 1.54) is 0 Å². The predicted octanol–water partition coefficient (Wildman–Crippen LogP) is 0.710. The summed E-state index contributed by atoms with van der Waals surface area (Å²) in [4.78, 5) is 11.5. The molecule has 1 amide bonds. The van der Waals surface area contributed by atoms with Gasteiger partial charge in [0.15, 0.2) is 5.11 Å². The Balaban J connectivity index is 2.62. The van der Waals surface area contributed by atoms with Crippen molar-refractivity contribution in [2.24, 2.45) is 5.73 Å². The second kappa shape index (κ2) is 5.46. The van der Waals surface area contributed by atoms with E-state index in [9.17, 15) is 4.79 Å².